The van der Waals surface area contributed by atoms with E-state index in [9.17, 15) is 14.0 Å². The molecule has 0 bridgehead atoms. The summed E-state index contributed by atoms with van der Waals surface area (Å²) in [5.41, 5.74) is 2.49. The molecule has 0 saturated carbocycles. The van der Waals surface area contributed by atoms with Crippen LogP contribution in [0.2, 0.25) is 0 Å². The summed E-state index contributed by atoms with van der Waals surface area (Å²) in [6.45, 7) is 0. The van der Waals surface area contributed by atoms with Gasteiger partial charge in [-0.25, -0.2) is 4.39 Å². The first-order valence-corrected chi connectivity index (χ1v) is 10.3. The van der Waals surface area contributed by atoms with Crippen LogP contribution >= 0.6 is 11.8 Å². The van der Waals surface area contributed by atoms with Crippen molar-refractivity contribution in [3.63, 3.8) is 0 Å². The molecule has 7 heteroatoms. The van der Waals surface area contributed by atoms with Gasteiger partial charge in [-0.15, -0.1) is 11.8 Å². The van der Waals surface area contributed by atoms with E-state index in [1.54, 1.807) is 54.5 Å². The van der Waals surface area contributed by atoms with Crippen LogP contribution in [-0.2, 0) is 4.79 Å². The van der Waals surface area contributed by atoms with Gasteiger partial charge in [0.25, 0.3) is 5.91 Å². The predicted molar refractivity (Wildman–Crippen MR) is 116 cm³/mol. The lowest BCUT2D eigenvalue weighted by Gasteiger charge is -2.24. The van der Waals surface area contributed by atoms with Gasteiger partial charge in [-0.3, -0.25) is 14.5 Å². The number of nitrogens with zero attached hydrogens (tertiary/aromatic N) is 1. The molecule has 1 unspecified atom stereocenters. The van der Waals surface area contributed by atoms with E-state index < -0.39 is 5.82 Å². The third-order valence-electron chi connectivity index (χ3n) is 4.74. The highest BCUT2D eigenvalue weighted by Crippen LogP contribution is 2.42. The predicted octanol–water partition coefficient (Wildman–Crippen LogP) is 4.87. The molecule has 0 aliphatic carbocycles. The van der Waals surface area contributed by atoms with Crippen molar-refractivity contribution < 1.29 is 18.7 Å². The van der Waals surface area contributed by atoms with Crippen LogP contribution in [0.15, 0.2) is 72.8 Å². The quantitative estimate of drug-likeness (QED) is 0.638. The van der Waals surface area contributed by atoms with Crippen LogP contribution in [0.5, 0.6) is 5.75 Å². The summed E-state index contributed by atoms with van der Waals surface area (Å²) in [5.74, 6) is 0.268. The summed E-state index contributed by atoms with van der Waals surface area (Å²) in [5, 5.41) is 2.59. The van der Waals surface area contributed by atoms with Crippen molar-refractivity contribution in [1.82, 2.24) is 0 Å². The monoisotopic (exact) mass is 422 g/mol. The lowest BCUT2D eigenvalue weighted by atomic mass is 10.1. The molecule has 30 heavy (non-hydrogen) atoms. The molecule has 1 heterocycles. The number of carbonyl (C=O) groups excluding carboxylic acids is 2. The number of carbonyl (C=O) groups is 2. The Kier molecular flexibility index (Phi) is 5.72. The van der Waals surface area contributed by atoms with Gasteiger partial charge < -0.3 is 10.1 Å². The minimum atomic E-state index is -0.392. The van der Waals surface area contributed by atoms with Crippen molar-refractivity contribution in [1.29, 1.82) is 0 Å². The fraction of sp³-hybridized carbons (Fsp3) is 0.130. The number of rotatable bonds is 5. The molecule has 0 spiro atoms. The largest absolute Gasteiger partial charge is 0.497 e. The first kappa shape index (κ1) is 20.0. The number of hydrogen-bond donors (Lipinski definition) is 1. The van der Waals surface area contributed by atoms with E-state index >= 15 is 0 Å². The zero-order chi connectivity index (χ0) is 21.1. The van der Waals surface area contributed by atoms with E-state index in [0.29, 0.717) is 28.4 Å². The average Bonchev–Trinajstić information content (AvgIpc) is 3.15. The van der Waals surface area contributed by atoms with Gasteiger partial charge in [-0.05, 0) is 60.2 Å². The van der Waals surface area contributed by atoms with E-state index in [1.165, 1.54) is 23.9 Å². The maximum atomic E-state index is 13.7. The number of benzene rings is 3. The Morgan fingerprint density at radius 1 is 1.10 bits per heavy atom. The summed E-state index contributed by atoms with van der Waals surface area (Å²) in [4.78, 5) is 26.6. The van der Waals surface area contributed by atoms with E-state index in [2.05, 4.69) is 5.32 Å². The summed E-state index contributed by atoms with van der Waals surface area (Å²) >= 11 is 1.47. The van der Waals surface area contributed by atoms with Crippen molar-refractivity contribution >= 4 is 35.0 Å². The molecular weight excluding hydrogens is 403 g/mol. The molecule has 3 aromatic carbocycles. The van der Waals surface area contributed by atoms with Crippen LogP contribution in [-0.4, -0.2) is 24.7 Å². The molecule has 1 aliphatic rings. The molecular formula is C23H19FN2O3S. The maximum absolute atomic E-state index is 13.7. The standard InChI is InChI=1S/C23H19FN2O3S/c1-29-20-10-8-15(9-11-20)22(28)25-18-6-2-4-16(12-18)23-26(21(27)14-30-23)19-7-3-5-17(24)13-19/h2-13,23H,14H2,1H3,(H,25,28). The summed E-state index contributed by atoms with van der Waals surface area (Å²) in [7, 11) is 1.57. The van der Waals surface area contributed by atoms with Crippen LogP contribution in [0, 0.1) is 5.82 Å². The van der Waals surface area contributed by atoms with Crippen LogP contribution < -0.4 is 15.0 Å². The smallest absolute Gasteiger partial charge is 0.255 e. The zero-order valence-corrected chi connectivity index (χ0v) is 17.0. The van der Waals surface area contributed by atoms with Crippen molar-refractivity contribution in [3.8, 4) is 5.75 Å². The molecule has 152 valence electrons. The van der Waals surface area contributed by atoms with Gasteiger partial charge in [0, 0.05) is 16.9 Å². The third-order valence-corrected chi connectivity index (χ3v) is 5.95. The van der Waals surface area contributed by atoms with Gasteiger partial charge in [0.05, 0.1) is 12.9 Å². The number of anilines is 2. The number of thioether (sulfide) groups is 1. The first-order valence-electron chi connectivity index (χ1n) is 9.30. The Morgan fingerprint density at radius 3 is 2.60 bits per heavy atom. The number of halogens is 1. The van der Waals surface area contributed by atoms with Crippen LogP contribution in [0.25, 0.3) is 0 Å². The van der Waals surface area contributed by atoms with Gasteiger partial charge in [0.15, 0.2) is 0 Å². The summed E-state index contributed by atoms with van der Waals surface area (Å²) < 4.78 is 18.8. The number of ether oxygens (including phenoxy) is 1. The van der Waals surface area contributed by atoms with Crippen molar-refractivity contribution in [2.75, 3.05) is 23.1 Å². The second kappa shape index (κ2) is 8.59. The van der Waals surface area contributed by atoms with Crippen molar-refractivity contribution in [3.05, 3.63) is 89.7 Å². The molecule has 0 aromatic heterocycles. The highest BCUT2D eigenvalue weighted by Gasteiger charge is 2.34. The van der Waals surface area contributed by atoms with E-state index in [1.807, 2.05) is 18.2 Å². The van der Waals surface area contributed by atoms with E-state index in [-0.39, 0.29) is 17.2 Å². The van der Waals surface area contributed by atoms with Crippen LogP contribution in [0.3, 0.4) is 0 Å². The third kappa shape index (κ3) is 4.16. The number of methoxy groups -OCH3 is 1. The summed E-state index contributed by atoms with van der Waals surface area (Å²) in [6.07, 6.45) is 0. The Hall–Kier alpha value is -3.32. The van der Waals surface area contributed by atoms with Gasteiger partial charge in [0.2, 0.25) is 5.91 Å². The molecule has 2 amide bonds. The second-order valence-corrected chi connectivity index (χ2v) is 7.78. The summed E-state index contributed by atoms with van der Waals surface area (Å²) in [6, 6.07) is 20.2. The fourth-order valence-electron chi connectivity index (χ4n) is 3.29. The Balaban J connectivity index is 1.56. The average molecular weight is 422 g/mol. The van der Waals surface area contributed by atoms with E-state index in [0.717, 1.165) is 5.56 Å². The molecule has 1 saturated heterocycles. The van der Waals surface area contributed by atoms with Crippen molar-refractivity contribution in [2.24, 2.45) is 0 Å². The lowest BCUT2D eigenvalue weighted by Crippen LogP contribution is -2.27. The van der Waals surface area contributed by atoms with Gasteiger partial charge in [0.1, 0.15) is 16.9 Å². The second-order valence-electron chi connectivity index (χ2n) is 6.72. The van der Waals surface area contributed by atoms with Crippen molar-refractivity contribution in [2.45, 2.75) is 5.37 Å². The Labute approximate surface area is 177 Å². The molecule has 3 aromatic rings. The number of nitrogens with one attached hydrogen (secondary N) is 1. The molecule has 1 fully saturated rings. The number of amides is 2. The van der Waals surface area contributed by atoms with E-state index in [4.69, 9.17) is 4.74 Å². The molecule has 5 nitrogen and oxygen atoms in total. The normalized spacial score (nSPS) is 15.9. The van der Waals surface area contributed by atoms with Gasteiger partial charge in [-0.1, -0.05) is 18.2 Å². The minimum Gasteiger partial charge on any atom is -0.497 e. The van der Waals surface area contributed by atoms with Crippen LogP contribution in [0.1, 0.15) is 21.3 Å². The highest BCUT2D eigenvalue weighted by atomic mass is 32.2. The topological polar surface area (TPSA) is 58.6 Å². The maximum Gasteiger partial charge on any atom is 0.255 e. The minimum absolute atomic E-state index is 0.0803. The Bertz CT molecular complexity index is 1090. The number of hydrogen-bond acceptors (Lipinski definition) is 4. The molecule has 0 radical (unpaired) electrons. The highest BCUT2D eigenvalue weighted by molar-refractivity contribution is 8.00. The van der Waals surface area contributed by atoms with Gasteiger partial charge in [-0.2, -0.15) is 0 Å². The molecule has 1 aliphatic heterocycles. The van der Waals surface area contributed by atoms with Gasteiger partial charge >= 0.3 is 0 Å². The SMILES string of the molecule is COc1ccc(C(=O)Nc2cccc(C3SCC(=O)N3c3cccc(F)c3)c2)cc1. The first-order chi connectivity index (χ1) is 14.5. The molecule has 1 atom stereocenters. The Morgan fingerprint density at radius 2 is 1.87 bits per heavy atom. The zero-order valence-electron chi connectivity index (χ0n) is 16.2. The molecule has 4 rings (SSSR count). The molecule has 1 N–H and O–H groups in total. The lowest BCUT2D eigenvalue weighted by molar-refractivity contribution is -0.115. The fourth-order valence-corrected chi connectivity index (χ4v) is 4.46. The van der Waals surface area contributed by atoms with Crippen LogP contribution in [0.4, 0.5) is 15.8 Å².